The maximum Gasteiger partial charge on any atom is 0.306 e. The lowest BCUT2D eigenvalue weighted by Crippen LogP contribution is -2.30. The Morgan fingerprint density at radius 2 is 0.541 bits per heavy atom. The van der Waals surface area contributed by atoms with E-state index >= 15 is 0 Å². The molecule has 0 amide bonds. The summed E-state index contributed by atoms with van der Waals surface area (Å²) in [5, 5.41) is 0. The maximum atomic E-state index is 12.8. The van der Waals surface area contributed by atoms with Crippen LogP contribution in [-0.2, 0) is 28.6 Å². The highest BCUT2D eigenvalue weighted by atomic mass is 16.6. The van der Waals surface area contributed by atoms with Gasteiger partial charge in [-0.3, -0.25) is 14.4 Å². The third-order valence-corrected chi connectivity index (χ3v) is 11.6. The lowest BCUT2D eigenvalue weighted by molar-refractivity contribution is -0.167. The van der Waals surface area contributed by atoms with E-state index in [-0.39, 0.29) is 31.1 Å². The second kappa shape index (κ2) is 50.3. The van der Waals surface area contributed by atoms with Gasteiger partial charge in [-0.25, -0.2) is 0 Å². The van der Waals surface area contributed by atoms with Crippen LogP contribution >= 0.6 is 0 Å². The van der Waals surface area contributed by atoms with Crippen molar-refractivity contribution in [3.8, 4) is 0 Å². The van der Waals surface area contributed by atoms with Gasteiger partial charge in [0.2, 0.25) is 0 Å². The molecule has 0 fully saturated rings. The van der Waals surface area contributed by atoms with Gasteiger partial charge in [0.05, 0.1) is 0 Å². The molecule has 0 radical (unpaired) electrons. The van der Waals surface area contributed by atoms with Crippen molar-refractivity contribution in [2.75, 3.05) is 13.2 Å². The second-order valence-corrected chi connectivity index (χ2v) is 17.8. The Morgan fingerprint density at radius 3 is 0.852 bits per heavy atom. The van der Waals surface area contributed by atoms with Gasteiger partial charge in [0, 0.05) is 19.3 Å². The first-order valence-electron chi connectivity index (χ1n) is 26.5. The van der Waals surface area contributed by atoms with Crippen LogP contribution in [0.25, 0.3) is 0 Å². The largest absolute Gasteiger partial charge is 0.462 e. The molecule has 6 nitrogen and oxygen atoms in total. The number of ether oxygens (including phenoxy) is 3. The average molecular weight is 857 g/mol. The summed E-state index contributed by atoms with van der Waals surface area (Å²) < 4.78 is 16.8. The van der Waals surface area contributed by atoms with Gasteiger partial charge in [-0.2, -0.15) is 0 Å². The van der Waals surface area contributed by atoms with Crippen molar-refractivity contribution in [3.05, 3.63) is 36.5 Å². The Morgan fingerprint density at radius 1 is 0.311 bits per heavy atom. The van der Waals surface area contributed by atoms with E-state index in [1.54, 1.807) is 0 Å². The van der Waals surface area contributed by atoms with Gasteiger partial charge >= 0.3 is 17.9 Å². The fraction of sp³-hybridized carbons (Fsp3) is 0.836. The fourth-order valence-corrected chi connectivity index (χ4v) is 7.54. The highest BCUT2D eigenvalue weighted by Crippen LogP contribution is 2.14. The molecule has 0 spiro atoms. The zero-order valence-corrected chi connectivity index (χ0v) is 40.7. The Labute approximate surface area is 378 Å². The molecule has 61 heavy (non-hydrogen) atoms. The first-order chi connectivity index (χ1) is 30.0. The molecule has 0 aliphatic heterocycles. The summed E-state index contributed by atoms with van der Waals surface area (Å²) in [4.78, 5) is 38.0. The third-order valence-electron chi connectivity index (χ3n) is 11.6. The van der Waals surface area contributed by atoms with Gasteiger partial charge in [-0.05, 0) is 96.3 Å². The topological polar surface area (TPSA) is 78.9 Å². The average Bonchev–Trinajstić information content (AvgIpc) is 3.26. The van der Waals surface area contributed by atoms with Crippen molar-refractivity contribution in [1.82, 2.24) is 0 Å². The second-order valence-electron chi connectivity index (χ2n) is 17.8. The molecule has 0 aliphatic rings. The normalized spacial score (nSPS) is 12.2. The van der Waals surface area contributed by atoms with Gasteiger partial charge in [0.1, 0.15) is 13.2 Å². The number of unbranched alkanes of at least 4 members (excludes halogenated alkanes) is 31. The standard InChI is InChI=1S/C55H100O6/c1-4-7-10-13-16-19-22-25-27-29-30-33-36-39-42-45-48-54(57)60-51-52(50-59-53(56)47-44-41-38-35-32-24-21-18-15-12-9-6-3)61-55(58)49-46-43-40-37-34-31-28-26-23-20-17-14-11-8-5-2/h18,21,26-29,52H,4-17,19-20,22-25,30-51H2,1-3H3/b21-18-,28-26-,29-27-/t52-/m1/s1. The summed E-state index contributed by atoms with van der Waals surface area (Å²) in [5.41, 5.74) is 0. The Hall–Kier alpha value is -2.37. The molecule has 0 saturated carbocycles. The van der Waals surface area contributed by atoms with E-state index in [1.165, 1.54) is 154 Å². The number of esters is 3. The van der Waals surface area contributed by atoms with E-state index in [1.807, 2.05) is 0 Å². The molecular weight excluding hydrogens is 757 g/mol. The van der Waals surface area contributed by atoms with Crippen LogP contribution in [-0.4, -0.2) is 37.2 Å². The molecule has 0 bridgehead atoms. The zero-order chi connectivity index (χ0) is 44.4. The minimum absolute atomic E-state index is 0.0809. The molecule has 0 aromatic rings. The van der Waals surface area contributed by atoms with Gasteiger partial charge in [0.15, 0.2) is 6.10 Å². The van der Waals surface area contributed by atoms with Gasteiger partial charge in [-0.1, -0.05) is 198 Å². The summed E-state index contributed by atoms with van der Waals surface area (Å²) in [7, 11) is 0. The quantitative estimate of drug-likeness (QED) is 0.0262. The fourth-order valence-electron chi connectivity index (χ4n) is 7.54. The van der Waals surface area contributed by atoms with Crippen LogP contribution in [0.3, 0.4) is 0 Å². The van der Waals surface area contributed by atoms with Crippen molar-refractivity contribution in [1.29, 1.82) is 0 Å². The first-order valence-corrected chi connectivity index (χ1v) is 26.5. The zero-order valence-electron chi connectivity index (χ0n) is 40.7. The summed E-state index contributed by atoms with van der Waals surface area (Å²) in [5.74, 6) is -0.897. The first kappa shape index (κ1) is 58.6. The maximum absolute atomic E-state index is 12.8. The van der Waals surface area contributed by atoms with Crippen molar-refractivity contribution >= 4 is 17.9 Å². The summed E-state index contributed by atoms with van der Waals surface area (Å²) in [6, 6.07) is 0. The Kier molecular flexibility index (Phi) is 48.3. The molecule has 0 heterocycles. The monoisotopic (exact) mass is 857 g/mol. The van der Waals surface area contributed by atoms with E-state index in [9.17, 15) is 14.4 Å². The molecule has 0 N–H and O–H groups in total. The highest BCUT2D eigenvalue weighted by molar-refractivity contribution is 5.71. The Bertz CT molecular complexity index is 1030. The van der Waals surface area contributed by atoms with E-state index in [4.69, 9.17) is 14.2 Å². The molecule has 0 saturated heterocycles. The van der Waals surface area contributed by atoms with Crippen LogP contribution in [0.2, 0.25) is 0 Å². The molecule has 1 atom stereocenters. The highest BCUT2D eigenvalue weighted by Gasteiger charge is 2.19. The summed E-state index contributed by atoms with van der Waals surface area (Å²) in [6.07, 6.45) is 58.4. The molecule has 0 aliphatic carbocycles. The molecule has 0 unspecified atom stereocenters. The summed E-state index contributed by atoms with van der Waals surface area (Å²) in [6.45, 7) is 6.60. The number of rotatable bonds is 48. The van der Waals surface area contributed by atoms with Crippen LogP contribution in [0.5, 0.6) is 0 Å². The SMILES string of the molecule is CCCCC/C=C\CCCCCCCC(=O)OC[C@H](COC(=O)CCCCCCC/C=C\CCCCCCCCC)OC(=O)CCCCCCC/C=C\CCCCCCCC. The van der Waals surface area contributed by atoms with Crippen molar-refractivity contribution in [2.24, 2.45) is 0 Å². The van der Waals surface area contributed by atoms with E-state index in [0.717, 1.165) is 83.5 Å². The van der Waals surface area contributed by atoms with Crippen molar-refractivity contribution in [3.63, 3.8) is 0 Å². The van der Waals surface area contributed by atoms with Crippen LogP contribution < -0.4 is 0 Å². The smallest absolute Gasteiger partial charge is 0.306 e. The van der Waals surface area contributed by atoms with Gasteiger partial charge in [-0.15, -0.1) is 0 Å². The molecule has 6 heteroatoms. The van der Waals surface area contributed by atoms with Crippen LogP contribution in [0.15, 0.2) is 36.5 Å². The lowest BCUT2D eigenvalue weighted by Gasteiger charge is -2.18. The molecule has 0 aromatic heterocycles. The van der Waals surface area contributed by atoms with Crippen LogP contribution in [0.1, 0.15) is 278 Å². The number of allylic oxidation sites excluding steroid dienone is 6. The predicted octanol–water partition coefficient (Wildman–Crippen LogP) is 17.3. The van der Waals surface area contributed by atoms with E-state index < -0.39 is 6.10 Å². The van der Waals surface area contributed by atoms with Crippen molar-refractivity contribution < 1.29 is 28.6 Å². The van der Waals surface area contributed by atoms with E-state index in [0.29, 0.717) is 19.3 Å². The molecular formula is C55H100O6. The molecule has 356 valence electrons. The van der Waals surface area contributed by atoms with Gasteiger partial charge < -0.3 is 14.2 Å². The lowest BCUT2D eigenvalue weighted by atomic mass is 10.1. The number of hydrogen-bond acceptors (Lipinski definition) is 6. The predicted molar refractivity (Wildman–Crippen MR) is 261 cm³/mol. The third kappa shape index (κ3) is 48.5. The molecule has 0 aromatic carbocycles. The molecule has 0 rings (SSSR count). The van der Waals surface area contributed by atoms with Crippen molar-refractivity contribution in [2.45, 2.75) is 284 Å². The Balaban J connectivity index is 4.38. The van der Waals surface area contributed by atoms with E-state index in [2.05, 4.69) is 57.2 Å². The van der Waals surface area contributed by atoms with Crippen LogP contribution in [0.4, 0.5) is 0 Å². The number of carbonyl (C=O) groups is 3. The number of hydrogen-bond donors (Lipinski definition) is 0. The number of carbonyl (C=O) groups excluding carboxylic acids is 3. The summed E-state index contributed by atoms with van der Waals surface area (Å²) >= 11 is 0. The van der Waals surface area contributed by atoms with Crippen LogP contribution in [0, 0.1) is 0 Å². The van der Waals surface area contributed by atoms with Gasteiger partial charge in [0.25, 0.3) is 0 Å². The minimum Gasteiger partial charge on any atom is -0.462 e. The minimum atomic E-state index is -0.780.